The first-order valence-corrected chi connectivity index (χ1v) is 6.20. The number of hydrogen-bond donors (Lipinski definition) is 0. The summed E-state index contributed by atoms with van der Waals surface area (Å²) in [6.45, 7) is 9.01. The van der Waals surface area contributed by atoms with Crippen molar-refractivity contribution in [3.05, 3.63) is 0 Å². The van der Waals surface area contributed by atoms with Crippen LogP contribution in [0.2, 0.25) is 0 Å². The maximum atomic E-state index is 2.28. The van der Waals surface area contributed by atoms with Gasteiger partial charge in [0.05, 0.1) is 0 Å². The van der Waals surface area contributed by atoms with E-state index in [4.69, 9.17) is 0 Å². The van der Waals surface area contributed by atoms with Crippen LogP contribution < -0.4 is 0 Å². The van der Waals surface area contributed by atoms with E-state index in [1.165, 1.54) is 44.9 Å². The van der Waals surface area contributed by atoms with Gasteiger partial charge in [-0.3, -0.25) is 0 Å². The van der Waals surface area contributed by atoms with Gasteiger partial charge in [0.25, 0.3) is 0 Å². The lowest BCUT2D eigenvalue weighted by atomic mass is 9.82. The second-order valence-corrected chi connectivity index (χ2v) is 4.77. The van der Waals surface area contributed by atoms with E-state index in [1.54, 1.807) is 0 Å². The lowest BCUT2D eigenvalue weighted by Gasteiger charge is -2.24. The van der Waals surface area contributed by atoms with Crippen molar-refractivity contribution in [1.29, 1.82) is 0 Å². The molecule has 0 aromatic carbocycles. The molecule has 0 spiro atoms. The average molecular weight is 228 g/mol. The summed E-state index contributed by atoms with van der Waals surface area (Å²) >= 11 is 0. The molecule has 0 atom stereocenters. The van der Waals surface area contributed by atoms with Gasteiger partial charge in [-0.2, -0.15) is 0 Å². The van der Waals surface area contributed by atoms with Crippen molar-refractivity contribution in [2.45, 2.75) is 87.5 Å². The summed E-state index contributed by atoms with van der Waals surface area (Å²) in [6.07, 6.45) is 10.1. The van der Waals surface area contributed by atoms with E-state index in [-0.39, 0.29) is 23.3 Å². The molecule has 0 unspecified atom stereocenters. The largest absolute Gasteiger partial charge is 0.0776 e. The van der Waals surface area contributed by atoms with E-state index in [9.17, 15) is 0 Å². The Balaban J connectivity index is -0.0000000767. The summed E-state index contributed by atoms with van der Waals surface area (Å²) in [5.41, 5.74) is 0. The van der Waals surface area contributed by atoms with Crippen LogP contribution in [-0.2, 0) is 0 Å². The van der Waals surface area contributed by atoms with Crippen LogP contribution in [0.1, 0.15) is 87.5 Å². The molecule has 0 amide bonds. The standard InChI is InChI=1S/C7H14.C6H14.2CH4.BH/c1-2-4-7-5-3-6-7;1-4-5-6(2)3;;;/h7H,2-6H2,1H3;6H,4-5H2,1-3H3;2*1H4;1H. The maximum Gasteiger partial charge on any atom is 0.0379 e. The zero-order valence-corrected chi connectivity index (χ0v) is 10.8. The quantitative estimate of drug-likeness (QED) is 0.545. The molecule has 16 heavy (non-hydrogen) atoms. The van der Waals surface area contributed by atoms with E-state index in [0.717, 1.165) is 11.8 Å². The van der Waals surface area contributed by atoms with Gasteiger partial charge < -0.3 is 0 Å². The molecule has 1 rings (SSSR count). The molecule has 0 nitrogen and oxygen atoms in total. The van der Waals surface area contributed by atoms with Crippen molar-refractivity contribution in [3.8, 4) is 0 Å². The van der Waals surface area contributed by atoms with Crippen molar-refractivity contribution in [2.24, 2.45) is 11.8 Å². The minimum Gasteiger partial charge on any atom is -0.0776 e. The van der Waals surface area contributed by atoms with E-state index in [2.05, 4.69) is 27.7 Å². The molecular weight excluding hydrogens is 191 g/mol. The Bertz CT molecular complexity index is 95.6. The highest BCUT2D eigenvalue weighted by Gasteiger charge is 2.14. The second-order valence-electron chi connectivity index (χ2n) is 4.77. The molecule has 1 aliphatic carbocycles. The molecule has 1 heteroatoms. The van der Waals surface area contributed by atoms with Crippen LogP contribution in [0.25, 0.3) is 0 Å². The van der Waals surface area contributed by atoms with Gasteiger partial charge in [0, 0.05) is 8.41 Å². The van der Waals surface area contributed by atoms with Crippen LogP contribution in [0, 0.1) is 11.8 Å². The Labute approximate surface area is 108 Å². The van der Waals surface area contributed by atoms with Gasteiger partial charge >= 0.3 is 0 Å². The first kappa shape index (κ1) is 25.0. The fraction of sp³-hybridized carbons (Fsp3) is 1.00. The summed E-state index contributed by atoms with van der Waals surface area (Å²) in [7, 11) is 0. The SMILES string of the molecule is C.C.CCCC(C)C.CCCC1CCC1.[BH]. The Morgan fingerprint density at radius 1 is 1.00 bits per heavy atom. The molecule has 0 aliphatic heterocycles. The normalized spacial score (nSPS) is 13.3. The smallest absolute Gasteiger partial charge is 0.0379 e. The predicted molar refractivity (Wildman–Crippen MR) is 82.6 cm³/mol. The summed E-state index contributed by atoms with van der Waals surface area (Å²) in [5, 5.41) is 0. The Kier molecular flexibility index (Phi) is 27.3. The zero-order valence-electron chi connectivity index (χ0n) is 10.8. The van der Waals surface area contributed by atoms with Crippen LogP contribution >= 0.6 is 0 Å². The average Bonchev–Trinajstić information content (AvgIpc) is 1.98. The molecule has 100 valence electrons. The number of rotatable bonds is 4. The second kappa shape index (κ2) is 17.5. The van der Waals surface area contributed by atoms with Gasteiger partial charge in [-0.15, -0.1) is 0 Å². The molecule has 1 aliphatic rings. The molecule has 0 heterocycles. The van der Waals surface area contributed by atoms with Crippen molar-refractivity contribution in [2.75, 3.05) is 0 Å². The fourth-order valence-electron chi connectivity index (χ4n) is 1.77. The first-order chi connectivity index (χ1) is 6.20. The van der Waals surface area contributed by atoms with Gasteiger partial charge in [0.1, 0.15) is 0 Å². The highest BCUT2D eigenvalue weighted by Crippen LogP contribution is 2.29. The Morgan fingerprint density at radius 3 is 1.56 bits per heavy atom. The predicted octanol–water partition coefficient (Wildman–Crippen LogP) is 5.65. The summed E-state index contributed by atoms with van der Waals surface area (Å²) < 4.78 is 0. The lowest BCUT2D eigenvalue weighted by molar-refractivity contribution is 0.294. The first-order valence-electron chi connectivity index (χ1n) is 6.20. The summed E-state index contributed by atoms with van der Waals surface area (Å²) in [5.74, 6) is 2.03. The van der Waals surface area contributed by atoms with Crippen LogP contribution in [0.3, 0.4) is 0 Å². The highest BCUT2D eigenvalue weighted by molar-refractivity contribution is 5.75. The molecule has 0 aromatic rings. The lowest BCUT2D eigenvalue weighted by Crippen LogP contribution is -2.09. The molecule has 2 radical (unpaired) electrons. The Hall–Kier alpha value is 0.0649. The van der Waals surface area contributed by atoms with E-state index in [1.807, 2.05) is 0 Å². The minimum atomic E-state index is 0. The highest BCUT2D eigenvalue weighted by atomic mass is 14.2. The molecule has 0 aromatic heterocycles. The summed E-state index contributed by atoms with van der Waals surface area (Å²) in [6, 6.07) is 0. The summed E-state index contributed by atoms with van der Waals surface area (Å²) in [4.78, 5) is 0. The molecular formula is C15H37B. The van der Waals surface area contributed by atoms with Crippen LogP contribution in [0.4, 0.5) is 0 Å². The van der Waals surface area contributed by atoms with Gasteiger partial charge in [-0.25, -0.2) is 0 Å². The van der Waals surface area contributed by atoms with Crippen LogP contribution in [0.15, 0.2) is 0 Å². The van der Waals surface area contributed by atoms with Gasteiger partial charge in [-0.1, -0.05) is 87.5 Å². The Morgan fingerprint density at radius 2 is 1.50 bits per heavy atom. The van der Waals surface area contributed by atoms with Gasteiger partial charge in [0.15, 0.2) is 0 Å². The minimum absolute atomic E-state index is 0. The third-order valence-electron chi connectivity index (χ3n) is 2.79. The molecule has 1 fully saturated rings. The maximum absolute atomic E-state index is 2.28. The van der Waals surface area contributed by atoms with E-state index >= 15 is 0 Å². The third-order valence-corrected chi connectivity index (χ3v) is 2.79. The van der Waals surface area contributed by atoms with Crippen molar-refractivity contribution in [3.63, 3.8) is 0 Å². The molecule has 1 saturated carbocycles. The van der Waals surface area contributed by atoms with Crippen molar-refractivity contribution >= 4 is 8.41 Å². The molecule has 0 saturated heterocycles. The van der Waals surface area contributed by atoms with Gasteiger partial charge in [-0.05, 0) is 11.8 Å². The molecule has 0 bridgehead atoms. The number of hydrogen-bond acceptors (Lipinski definition) is 0. The van der Waals surface area contributed by atoms with E-state index < -0.39 is 0 Å². The van der Waals surface area contributed by atoms with Crippen molar-refractivity contribution < 1.29 is 0 Å². The zero-order chi connectivity index (χ0) is 10.1. The van der Waals surface area contributed by atoms with Crippen molar-refractivity contribution in [1.82, 2.24) is 0 Å². The van der Waals surface area contributed by atoms with Crippen LogP contribution in [-0.4, -0.2) is 8.41 Å². The molecule has 0 N–H and O–H groups in total. The monoisotopic (exact) mass is 228 g/mol. The fourth-order valence-corrected chi connectivity index (χ4v) is 1.77. The topological polar surface area (TPSA) is 0 Å². The van der Waals surface area contributed by atoms with Gasteiger partial charge in [0.2, 0.25) is 0 Å². The third kappa shape index (κ3) is 16.5. The van der Waals surface area contributed by atoms with Crippen LogP contribution in [0.5, 0.6) is 0 Å². The van der Waals surface area contributed by atoms with E-state index in [0.29, 0.717) is 0 Å².